The summed E-state index contributed by atoms with van der Waals surface area (Å²) in [5.74, 6) is -4.58. The van der Waals surface area contributed by atoms with Gasteiger partial charge in [-0.2, -0.15) is 5.10 Å². The third kappa shape index (κ3) is 3.47. The largest absolute Gasteiger partial charge is 0.477 e. The summed E-state index contributed by atoms with van der Waals surface area (Å²) < 4.78 is 38.7. The summed E-state index contributed by atoms with van der Waals surface area (Å²) in [5, 5.41) is 12.2. The average molecular weight is 260 g/mol. The minimum atomic E-state index is -1.28. The Morgan fingerprint density at radius 1 is 1.28 bits per heavy atom. The Labute approximate surface area is 101 Å². The van der Waals surface area contributed by atoms with Crippen molar-refractivity contribution in [2.75, 3.05) is 0 Å². The predicted molar refractivity (Wildman–Crippen MR) is 58.5 cm³/mol. The molecule has 7 heteroatoms. The van der Waals surface area contributed by atoms with Crippen LogP contribution in [-0.4, -0.2) is 16.8 Å². The lowest BCUT2D eigenvalue weighted by Gasteiger charge is -2.05. The first-order valence-electron chi connectivity index (χ1n) is 5.11. The molecule has 0 saturated carbocycles. The maximum atomic E-state index is 13.2. The Morgan fingerprint density at radius 2 is 1.89 bits per heavy atom. The van der Waals surface area contributed by atoms with Crippen molar-refractivity contribution in [1.82, 2.24) is 5.43 Å². The van der Waals surface area contributed by atoms with Crippen molar-refractivity contribution in [3.63, 3.8) is 0 Å². The molecule has 0 bridgehead atoms. The molecule has 0 atom stereocenters. The number of halogens is 3. The van der Waals surface area contributed by atoms with Gasteiger partial charge in [-0.15, -0.1) is 0 Å². The summed E-state index contributed by atoms with van der Waals surface area (Å²) >= 11 is 0. The van der Waals surface area contributed by atoms with Gasteiger partial charge in [0.1, 0.15) is 11.5 Å². The SMILES string of the molecule is CC/C(=N\NCc1cc(F)c(F)cc1F)C(=O)O. The number of hydrogen-bond acceptors (Lipinski definition) is 3. The van der Waals surface area contributed by atoms with Crippen molar-refractivity contribution in [2.45, 2.75) is 19.9 Å². The molecule has 1 rings (SSSR count). The number of hydrazone groups is 1. The molecular weight excluding hydrogens is 249 g/mol. The molecule has 0 radical (unpaired) electrons. The fourth-order valence-electron chi connectivity index (χ4n) is 1.20. The highest BCUT2D eigenvalue weighted by Gasteiger charge is 2.10. The summed E-state index contributed by atoms with van der Waals surface area (Å²) in [5.41, 5.74) is 2.02. The molecular formula is C11H11F3N2O2. The minimum absolute atomic E-state index is 0.140. The van der Waals surface area contributed by atoms with Gasteiger partial charge in [0.2, 0.25) is 0 Å². The van der Waals surface area contributed by atoms with Crippen LogP contribution in [0.3, 0.4) is 0 Å². The van der Waals surface area contributed by atoms with Gasteiger partial charge in [-0.25, -0.2) is 18.0 Å². The Kier molecular flexibility index (Phi) is 4.70. The summed E-state index contributed by atoms with van der Waals surface area (Å²) in [4.78, 5) is 10.6. The topological polar surface area (TPSA) is 61.7 Å². The van der Waals surface area contributed by atoms with Crippen LogP contribution in [-0.2, 0) is 11.3 Å². The maximum Gasteiger partial charge on any atom is 0.352 e. The van der Waals surface area contributed by atoms with E-state index < -0.39 is 23.4 Å². The van der Waals surface area contributed by atoms with Crippen molar-refractivity contribution >= 4 is 11.7 Å². The van der Waals surface area contributed by atoms with Crippen molar-refractivity contribution in [1.29, 1.82) is 0 Å². The van der Waals surface area contributed by atoms with Crippen LogP contribution in [0.1, 0.15) is 18.9 Å². The smallest absolute Gasteiger partial charge is 0.352 e. The van der Waals surface area contributed by atoms with E-state index in [4.69, 9.17) is 5.11 Å². The zero-order valence-corrected chi connectivity index (χ0v) is 9.51. The zero-order chi connectivity index (χ0) is 13.7. The number of benzene rings is 1. The lowest BCUT2D eigenvalue weighted by atomic mass is 10.2. The van der Waals surface area contributed by atoms with Crippen LogP contribution >= 0.6 is 0 Å². The number of carboxylic acid groups (broad SMARTS) is 1. The molecule has 0 spiro atoms. The molecule has 4 nitrogen and oxygen atoms in total. The highest BCUT2D eigenvalue weighted by Crippen LogP contribution is 2.13. The van der Waals surface area contributed by atoms with Crippen LogP contribution in [0.2, 0.25) is 0 Å². The number of rotatable bonds is 5. The number of carboxylic acids is 1. The molecule has 0 unspecified atom stereocenters. The molecule has 0 heterocycles. The van der Waals surface area contributed by atoms with Crippen LogP contribution < -0.4 is 5.43 Å². The van der Waals surface area contributed by atoms with Crippen molar-refractivity contribution in [2.24, 2.45) is 5.10 Å². The van der Waals surface area contributed by atoms with E-state index in [2.05, 4.69) is 10.5 Å². The van der Waals surface area contributed by atoms with Gasteiger partial charge >= 0.3 is 5.97 Å². The molecule has 1 aromatic rings. The summed E-state index contributed by atoms with van der Waals surface area (Å²) in [6.45, 7) is 1.35. The Morgan fingerprint density at radius 3 is 2.44 bits per heavy atom. The fraction of sp³-hybridized carbons (Fsp3) is 0.273. The maximum absolute atomic E-state index is 13.2. The molecule has 0 aliphatic rings. The molecule has 0 aromatic heterocycles. The Hall–Kier alpha value is -2.05. The number of carbonyl (C=O) groups is 1. The summed E-state index contributed by atoms with van der Waals surface area (Å²) in [7, 11) is 0. The molecule has 0 aliphatic heterocycles. The second-order valence-corrected chi connectivity index (χ2v) is 3.41. The first-order valence-corrected chi connectivity index (χ1v) is 5.11. The number of hydrogen-bond donors (Lipinski definition) is 2. The standard InChI is InChI=1S/C11H11F3N2O2/c1-2-10(11(17)18)16-15-5-6-3-8(13)9(14)4-7(6)12/h3-4,15H,2,5H2,1H3,(H,17,18)/b16-10+. The van der Waals surface area contributed by atoms with E-state index in [1.807, 2.05) is 0 Å². The lowest BCUT2D eigenvalue weighted by Crippen LogP contribution is -2.17. The third-order valence-electron chi connectivity index (χ3n) is 2.15. The molecule has 98 valence electrons. The second-order valence-electron chi connectivity index (χ2n) is 3.41. The molecule has 2 N–H and O–H groups in total. The van der Waals surface area contributed by atoms with Gasteiger partial charge in [0.25, 0.3) is 0 Å². The van der Waals surface area contributed by atoms with Crippen LogP contribution in [0.25, 0.3) is 0 Å². The van der Waals surface area contributed by atoms with E-state index in [-0.39, 0.29) is 24.2 Å². The first kappa shape index (κ1) is 14.0. The highest BCUT2D eigenvalue weighted by atomic mass is 19.2. The van der Waals surface area contributed by atoms with E-state index in [0.29, 0.717) is 12.1 Å². The summed E-state index contributed by atoms with van der Waals surface area (Å²) in [6.07, 6.45) is 0.183. The molecule has 1 aromatic carbocycles. The Bertz CT molecular complexity index is 489. The van der Waals surface area contributed by atoms with Crippen molar-refractivity contribution in [3.8, 4) is 0 Å². The van der Waals surface area contributed by atoms with E-state index in [9.17, 15) is 18.0 Å². The van der Waals surface area contributed by atoms with E-state index in [1.54, 1.807) is 6.92 Å². The molecule has 0 saturated heterocycles. The number of aliphatic carboxylic acids is 1. The van der Waals surface area contributed by atoms with Crippen LogP contribution in [0.5, 0.6) is 0 Å². The normalized spacial score (nSPS) is 11.4. The Balaban J connectivity index is 2.75. The minimum Gasteiger partial charge on any atom is -0.477 e. The van der Waals surface area contributed by atoms with Gasteiger partial charge < -0.3 is 10.5 Å². The lowest BCUT2D eigenvalue weighted by molar-refractivity contribution is -0.129. The third-order valence-corrected chi connectivity index (χ3v) is 2.15. The van der Waals surface area contributed by atoms with Gasteiger partial charge in [0, 0.05) is 11.6 Å². The molecule has 0 amide bonds. The molecule has 0 aliphatic carbocycles. The van der Waals surface area contributed by atoms with Gasteiger partial charge in [-0.1, -0.05) is 6.92 Å². The molecule has 18 heavy (non-hydrogen) atoms. The van der Waals surface area contributed by atoms with E-state index in [1.165, 1.54) is 0 Å². The van der Waals surface area contributed by atoms with Gasteiger partial charge in [0.15, 0.2) is 11.6 Å². The summed E-state index contributed by atoms with van der Waals surface area (Å²) in [6, 6.07) is 1.12. The van der Waals surface area contributed by atoms with Gasteiger partial charge in [-0.05, 0) is 12.5 Å². The fourth-order valence-corrected chi connectivity index (χ4v) is 1.20. The van der Waals surface area contributed by atoms with Crippen LogP contribution in [0, 0.1) is 17.5 Å². The number of nitrogens with one attached hydrogen (secondary N) is 1. The predicted octanol–water partition coefficient (Wildman–Crippen LogP) is 2.04. The van der Waals surface area contributed by atoms with Crippen LogP contribution in [0.15, 0.2) is 17.2 Å². The van der Waals surface area contributed by atoms with Gasteiger partial charge in [0.05, 0.1) is 6.54 Å². The number of nitrogens with zero attached hydrogens (tertiary/aromatic N) is 1. The quantitative estimate of drug-likeness (QED) is 0.484. The van der Waals surface area contributed by atoms with Crippen LogP contribution in [0.4, 0.5) is 13.2 Å². The average Bonchev–Trinajstić information content (AvgIpc) is 2.30. The first-order chi connectivity index (χ1) is 8.45. The van der Waals surface area contributed by atoms with E-state index in [0.717, 1.165) is 0 Å². The van der Waals surface area contributed by atoms with Crippen molar-refractivity contribution in [3.05, 3.63) is 35.1 Å². The highest BCUT2D eigenvalue weighted by molar-refractivity contribution is 6.35. The molecule has 0 fully saturated rings. The van der Waals surface area contributed by atoms with Crippen molar-refractivity contribution < 1.29 is 23.1 Å². The second kappa shape index (κ2) is 6.04. The van der Waals surface area contributed by atoms with Gasteiger partial charge in [-0.3, -0.25) is 0 Å². The zero-order valence-electron chi connectivity index (χ0n) is 9.51. The van der Waals surface area contributed by atoms with E-state index >= 15 is 0 Å². The monoisotopic (exact) mass is 260 g/mol.